The summed E-state index contributed by atoms with van der Waals surface area (Å²) in [5, 5.41) is 0. The Labute approximate surface area is 139 Å². The van der Waals surface area contributed by atoms with Crippen LogP contribution in [0.1, 0.15) is 34.6 Å². The molecule has 0 N–H and O–H groups in total. The minimum atomic E-state index is -1.00. The summed E-state index contributed by atoms with van der Waals surface area (Å²) in [6.45, 7) is 6.92. The van der Waals surface area contributed by atoms with E-state index in [0.717, 1.165) is 0 Å². The van der Waals surface area contributed by atoms with Crippen molar-refractivity contribution in [3.63, 3.8) is 0 Å². The Balaban J connectivity index is 2.19. The van der Waals surface area contributed by atoms with Gasteiger partial charge in [-0.25, -0.2) is 0 Å². The fourth-order valence-corrected chi connectivity index (χ4v) is 2.76. The summed E-state index contributed by atoms with van der Waals surface area (Å²) in [5.41, 5.74) is 0. The van der Waals surface area contributed by atoms with Crippen LogP contribution in [0.25, 0.3) is 0 Å². The molecule has 5 atom stereocenters. The van der Waals surface area contributed by atoms with Gasteiger partial charge in [0.1, 0.15) is 18.8 Å². The predicted octanol–water partition coefficient (Wildman–Crippen LogP) is 0.289. The lowest BCUT2D eigenvalue weighted by Gasteiger charge is -2.28. The van der Waals surface area contributed by atoms with Crippen LogP contribution in [0, 0.1) is 0 Å². The molecule has 0 unspecified atom stereocenters. The molecule has 0 bridgehead atoms. The smallest absolute Gasteiger partial charge is 0.305 e. The fourth-order valence-electron chi connectivity index (χ4n) is 2.76. The topological polar surface area (TPSA) is 107 Å². The van der Waals surface area contributed by atoms with Gasteiger partial charge in [0.25, 0.3) is 0 Å². The lowest BCUT2D eigenvalue weighted by Crippen LogP contribution is -2.43. The van der Waals surface area contributed by atoms with Gasteiger partial charge in [-0.05, 0) is 13.8 Å². The molecule has 0 spiro atoms. The molecule has 9 nitrogen and oxygen atoms in total. The summed E-state index contributed by atoms with van der Waals surface area (Å²) in [5.74, 6) is -2.56. The van der Waals surface area contributed by atoms with Crippen molar-refractivity contribution >= 4 is 17.9 Å². The molecule has 9 heteroatoms. The highest BCUT2D eigenvalue weighted by Crippen LogP contribution is 2.40. The van der Waals surface area contributed by atoms with Crippen LogP contribution in [0.5, 0.6) is 0 Å². The summed E-state index contributed by atoms with van der Waals surface area (Å²) in [7, 11) is 0. The summed E-state index contributed by atoms with van der Waals surface area (Å²) in [6.07, 6.45) is -4.07. The van der Waals surface area contributed by atoms with Crippen LogP contribution in [0.15, 0.2) is 0 Å². The first-order chi connectivity index (χ1) is 11.1. The maximum Gasteiger partial charge on any atom is 0.305 e. The molecule has 0 aromatic heterocycles. The molecule has 0 amide bonds. The van der Waals surface area contributed by atoms with Crippen molar-refractivity contribution in [2.24, 2.45) is 0 Å². The molecule has 24 heavy (non-hydrogen) atoms. The summed E-state index contributed by atoms with van der Waals surface area (Å²) in [6, 6.07) is 0. The molecule has 0 aromatic rings. The minimum absolute atomic E-state index is 0.209. The van der Waals surface area contributed by atoms with Gasteiger partial charge in [-0.1, -0.05) is 0 Å². The lowest BCUT2D eigenvalue weighted by molar-refractivity contribution is -0.243. The zero-order chi connectivity index (χ0) is 18.1. The quantitative estimate of drug-likeness (QED) is 0.513. The van der Waals surface area contributed by atoms with Crippen LogP contribution >= 0.6 is 0 Å². The molecule has 2 aliphatic heterocycles. The van der Waals surface area contributed by atoms with Gasteiger partial charge < -0.3 is 28.4 Å². The largest absolute Gasteiger partial charge is 0.462 e. The van der Waals surface area contributed by atoms with Crippen molar-refractivity contribution < 1.29 is 42.8 Å². The van der Waals surface area contributed by atoms with E-state index < -0.39 is 54.4 Å². The molecule has 2 saturated heterocycles. The summed E-state index contributed by atoms with van der Waals surface area (Å²) >= 11 is 0. The zero-order valence-electron chi connectivity index (χ0n) is 14.3. The molecule has 2 fully saturated rings. The maximum absolute atomic E-state index is 11.4. The first-order valence-corrected chi connectivity index (χ1v) is 7.58. The van der Waals surface area contributed by atoms with Crippen molar-refractivity contribution in [1.82, 2.24) is 0 Å². The number of fused-ring (bicyclic) bond motifs is 1. The van der Waals surface area contributed by atoms with E-state index >= 15 is 0 Å². The molecule has 0 saturated carbocycles. The Morgan fingerprint density at radius 2 is 1.62 bits per heavy atom. The Morgan fingerprint density at radius 1 is 1.00 bits per heavy atom. The van der Waals surface area contributed by atoms with Crippen molar-refractivity contribution in [3.05, 3.63) is 0 Å². The number of carbonyl (C=O) groups excluding carboxylic acids is 3. The molecule has 0 radical (unpaired) electrons. The molecule has 0 aromatic carbocycles. The second kappa shape index (κ2) is 7.04. The van der Waals surface area contributed by atoms with E-state index in [2.05, 4.69) is 0 Å². The predicted molar refractivity (Wildman–Crippen MR) is 76.4 cm³/mol. The molecular formula is C15H22O9. The van der Waals surface area contributed by atoms with Gasteiger partial charge in [-0.15, -0.1) is 0 Å². The van der Waals surface area contributed by atoms with Crippen LogP contribution in [-0.2, 0) is 42.8 Å². The zero-order valence-corrected chi connectivity index (χ0v) is 14.3. The first-order valence-electron chi connectivity index (χ1n) is 7.58. The van der Waals surface area contributed by atoms with E-state index in [1.54, 1.807) is 13.8 Å². The van der Waals surface area contributed by atoms with E-state index in [9.17, 15) is 14.4 Å². The van der Waals surface area contributed by atoms with Gasteiger partial charge in [0.15, 0.2) is 18.0 Å². The Kier molecular flexibility index (Phi) is 5.46. The normalized spacial score (nSPS) is 31.9. The van der Waals surface area contributed by atoms with E-state index in [1.165, 1.54) is 20.8 Å². The van der Waals surface area contributed by atoms with Gasteiger partial charge in [-0.3, -0.25) is 14.4 Å². The Hall–Kier alpha value is -1.71. The average Bonchev–Trinajstić information content (AvgIpc) is 2.88. The highest BCUT2D eigenvalue weighted by atomic mass is 16.8. The first kappa shape index (κ1) is 18.6. The highest BCUT2D eigenvalue weighted by Gasteiger charge is 2.59. The Bertz CT molecular complexity index is 515. The number of rotatable bonds is 5. The second-order valence-corrected chi connectivity index (χ2v) is 6.09. The number of ether oxygens (including phenoxy) is 6. The van der Waals surface area contributed by atoms with E-state index in [4.69, 9.17) is 28.4 Å². The molecule has 2 rings (SSSR count). The fraction of sp³-hybridized carbons (Fsp3) is 0.800. The Morgan fingerprint density at radius 3 is 2.17 bits per heavy atom. The van der Waals surface area contributed by atoms with Crippen molar-refractivity contribution in [2.75, 3.05) is 6.61 Å². The maximum atomic E-state index is 11.4. The van der Waals surface area contributed by atoms with Crippen molar-refractivity contribution in [2.45, 2.75) is 71.1 Å². The highest BCUT2D eigenvalue weighted by molar-refractivity contribution is 5.67. The number of esters is 3. The minimum Gasteiger partial charge on any atom is -0.462 e. The van der Waals surface area contributed by atoms with Crippen molar-refractivity contribution in [1.29, 1.82) is 0 Å². The molecule has 2 aliphatic rings. The van der Waals surface area contributed by atoms with E-state index in [0.29, 0.717) is 0 Å². The summed E-state index contributed by atoms with van der Waals surface area (Å²) in [4.78, 5) is 33.7. The third kappa shape index (κ3) is 4.43. The van der Waals surface area contributed by atoms with E-state index in [-0.39, 0.29) is 6.61 Å². The van der Waals surface area contributed by atoms with Gasteiger partial charge in [-0.2, -0.15) is 0 Å². The van der Waals surface area contributed by atoms with Crippen LogP contribution in [0.3, 0.4) is 0 Å². The van der Waals surface area contributed by atoms with Gasteiger partial charge >= 0.3 is 17.9 Å². The van der Waals surface area contributed by atoms with Crippen molar-refractivity contribution in [3.8, 4) is 0 Å². The number of hydrogen-bond donors (Lipinski definition) is 0. The van der Waals surface area contributed by atoms with Gasteiger partial charge in [0.2, 0.25) is 6.29 Å². The monoisotopic (exact) mass is 346 g/mol. The van der Waals surface area contributed by atoms with E-state index in [1.807, 2.05) is 0 Å². The standard InChI is InChI=1S/C15H22O9/c1-7(16)19-6-10(20-8(2)17)11-12-13(24-15(4,5)23-12)14(22-11)21-9(3)18/h10-14H,6H2,1-5H3/t10-,11+,12-,13-,14-/m0/s1. The van der Waals surface area contributed by atoms with Crippen LogP contribution in [0.4, 0.5) is 0 Å². The second-order valence-electron chi connectivity index (χ2n) is 6.09. The summed E-state index contributed by atoms with van der Waals surface area (Å²) < 4.78 is 32.4. The van der Waals surface area contributed by atoms with Crippen LogP contribution in [0.2, 0.25) is 0 Å². The van der Waals surface area contributed by atoms with Gasteiger partial charge in [0, 0.05) is 20.8 Å². The number of hydrogen-bond acceptors (Lipinski definition) is 9. The molecular weight excluding hydrogens is 324 g/mol. The molecule has 136 valence electrons. The lowest BCUT2D eigenvalue weighted by atomic mass is 10.1. The average molecular weight is 346 g/mol. The van der Waals surface area contributed by atoms with Crippen LogP contribution in [-0.4, -0.2) is 61.0 Å². The number of carbonyl (C=O) groups is 3. The third-order valence-corrected chi connectivity index (χ3v) is 3.46. The van der Waals surface area contributed by atoms with Gasteiger partial charge in [0.05, 0.1) is 0 Å². The third-order valence-electron chi connectivity index (χ3n) is 3.46. The molecule has 0 aliphatic carbocycles. The van der Waals surface area contributed by atoms with Crippen LogP contribution < -0.4 is 0 Å². The molecule has 2 heterocycles. The SMILES string of the molecule is CC(=O)OC[C@H](OC(C)=O)[C@H]1O[C@H](OC(C)=O)[C@H]2OC(C)(C)O[C@H]21.